The van der Waals surface area contributed by atoms with Gasteiger partial charge in [-0.05, 0) is 42.2 Å². The Balaban J connectivity index is 1.61. The van der Waals surface area contributed by atoms with Crippen molar-refractivity contribution in [2.75, 3.05) is 13.7 Å². The van der Waals surface area contributed by atoms with Crippen molar-refractivity contribution in [2.45, 2.75) is 18.9 Å². The fourth-order valence-corrected chi connectivity index (χ4v) is 6.20. The van der Waals surface area contributed by atoms with Gasteiger partial charge in [0.1, 0.15) is 18.1 Å². The summed E-state index contributed by atoms with van der Waals surface area (Å²) in [6, 6.07) is 23.8. The van der Waals surface area contributed by atoms with Gasteiger partial charge in [-0.25, -0.2) is 4.99 Å². The Kier molecular flexibility index (Phi) is 6.10. The molecule has 0 saturated heterocycles. The van der Waals surface area contributed by atoms with Crippen molar-refractivity contribution in [1.29, 1.82) is 0 Å². The van der Waals surface area contributed by atoms with Crippen LogP contribution in [0.15, 0.2) is 101 Å². The molecular formula is C31H26N2O3S. The summed E-state index contributed by atoms with van der Waals surface area (Å²) in [5, 5.41) is 0. The van der Waals surface area contributed by atoms with E-state index in [1.807, 2.05) is 53.1 Å². The average Bonchev–Trinajstić information content (AvgIpc) is 3.25. The number of hydrogen-bond acceptors (Lipinski definition) is 5. The molecule has 0 fully saturated rings. The van der Waals surface area contributed by atoms with Crippen molar-refractivity contribution in [3.8, 4) is 11.5 Å². The Morgan fingerprint density at radius 1 is 1.03 bits per heavy atom. The molecule has 0 spiro atoms. The zero-order valence-electron chi connectivity index (χ0n) is 20.5. The number of ether oxygens (including phenoxy) is 2. The number of methoxy groups -OCH3 is 1. The molecule has 0 unspecified atom stereocenters. The van der Waals surface area contributed by atoms with E-state index in [1.165, 1.54) is 16.9 Å². The van der Waals surface area contributed by atoms with Crippen LogP contribution in [-0.2, 0) is 6.42 Å². The molecule has 2 heterocycles. The lowest BCUT2D eigenvalue weighted by Crippen LogP contribution is -2.39. The van der Waals surface area contributed by atoms with Gasteiger partial charge >= 0.3 is 0 Å². The standard InChI is InChI=1S/C31H26N2O3S/c1-3-18-36-25-14-8-5-11-21(25)19-27-30(34)33-29(23-13-7-9-15-26(23)35-2)24-17-16-20-10-4-6-12-22(20)28(24)32-31(33)37-27/h3-15,19,29H,1,16-18H2,2H3/b27-19-/t29-/m0/s1. The van der Waals surface area contributed by atoms with Gasteiger partial charge in [0.2, 0.25) is 0 Å². The molecule has 0 radical (unpaired) electrons. The van der Waals surface area contributed by atoms with Crippen LogP contribution in [0, 0.1) is 0 Å². The van der Waals surface area contributed by atoms with Crippen LogP contribution in [-0.4, -0.2) is 18.3 Å². The molecule has 4 aromatic rings. The van der Waals surface area contributed by atoms with Crippen LogP contribution in [0.25, 0.3) is 11.8 Å². The molecule has 184 valence electrons. The van der Waals surface area contributed by atoms with E-state index in [4.69, 9.17) is 14.5 Å². The molecule has 5 nitrogen and oxygen atoms in total. The summed E-state index contributed by atoms with van der Waals surface area (Å²) < 4.78 is 14.1. The van der Waals surface area contributed by atoms with Gasteiger partial charge in [0, 0.05) is 16.7 Å². The van der Waals surface area contributed by atoms with E-state index in [1.54, 1.807) is 13.2 Å². The summed E-state index contributed by atoms with van der Waals surface area (Å²) in [5.74, 6) is 1.47. The van der Waals surface area contributed by atoms with Crippen LogP contribution in [0.4, 0.5) is 0 Å². The second kappa shape index (κ2) is 9.71. The minimum Gasteiger partial charge on any atom is -0.496 e. The van der Waals surface area contributed by atoms with Crippen molar-refractivity contribution in [2.24, 2.45) is 4.99 Å². The maximum atomic E-state index is 14.0. The van der Waals surface area contributed by atoms with Gasteiger partial charge in [0.05, 0.1) is 23.4 Å². The smallest absolute Gasteiger partial charge is 0.271 e. The number of nitrogens with zero attached hydrogens (tertiary/aromatic N) is 2. The Hall–Kier alpha value is -4.16. The third kappa shape index (κ3) is 4.03. The van der Waals surface area contributed by atoms with Gasteiger partial charge in [-0.15, -0.1) is 0 Å². The number of thiazole rings is 1. The lowest BCUT2D eigenvalue weighted by molar-refractivity contribution is 0.362. The van der Waals surface area contributed by atoms with Crippen molar-refractivity contribution in [3.05, 3.63) is 133 Å². The molecule has 6 heteroatoms. The van der Waals surface area contributed by atoms with Gasteiger partial charge in [0.25, 0.3) is 5.56 Å². The van der Waals surface area contributed by atoms with E-state index in [2.05, 4.69) is 36.9 Å². The number of aromatic nitrogens is 1. The number of para-hydroxylation sites is 2. The van der Waals surface area contributed by atoms with E-state index >= 15 is 0 Å². The van der Waals surface area contributed by atoms with E-state index in [0.29, 0.717) is 21.7 Å². The van der Waals surface area contributed by atoms with Crippen molar-refractivity contribution < 1.29 is 9.47 Å². The largest absolute Gasteiger partial charge is 0.496 e. The van der Waals surface area contributed by atoms with E-state index in [-0.39, 0.29) is 11.6 Å². The Bertz CT molecular complexity index is 1730. The summed E-state index contributed by atoms with van der Waals surface area (Å²) in [6.45, 7) is 4.13. The first kappa shape index (κ1) is 23.3. The van der Waals surface area contributed by atoms with Crippen LogP contribution in [0.2, 0.25) is 0 Å². The highest BCUT2D eigenvalue weighted by atomic mass is 32.1. The van der Waals surface area contributed by atoms with E-state index in [9.17, 15) is 4.79 Å². The van der Waals surface area contributed by atoms with Crippen molar-refractivity contribution >= 4 is 23.1 Å². The van der Waals surface area contributed by atoms with Crippen molar-refractivity contribution in [3.63, 3.8) is 0 Å². The molecule has 0 bridgehead atoms. The SMILES string of the molecule is C=CCOc1ccccc1/C=c1\sc2n(c1=O)[C@@H](c1ccccc1OC)C1=C(N=2)c2ccccc2CC1. The second-order valence-corrected chi connectivity index (χ2v) is 10.0. The molecule has 37 heavy (non-hydrogen) atoms. The summed E-state index contributed by atoms with van der Waals surface area (Å²) in [5.41, 5.74) is 6.30. The first-order chi connectivity index (χ1) is 18.2. The summed E-state index contributed by atoms with van der Waals surface area (Å²) >= 11 is 1.41. The first-order valence-corrected chi connectivity index (χ1v) is 13.1. The van der Waals surface area contributed by atoms with Crippen LogP contribution in [0.3, 0.4) is 0 Å². The highest BCUT2D eigenvalue weighted by Crippen LogP contribution is 2.43. The lowest BCUT2D eigenvalue weighted by atomic mass is 9.83. The second-order valence-electron chi connectivity index (χ2n) is 8.99. The monoisotopic (exact) mass is 506 g/mol. The molecule has 1 atom stereocenters. The van der Waals surface area contributed by atoms with Crippen LogP contribution in [0.5, 0.6) is 11.5 Å². The molecule has 2 aliphatic rings. The fourth-order valence-electron chi connectivity index (χ4n) is 5.21. The van der Waals surface area contributed by atoms with Crippen LogP contribution >= 0.6 is 11.3 Å². The minimum absolute atomic E-state index is 0.0661. The molecule has 1 aromatic heterocycles. The van der Waals surface area contributed by atoms with Gasteiger partial charge < -0.3 is 9.47 Å². The molecule has 1 aliphatic carbocycles. The Morgan fingerprint density at radius 3 is 2.62 bits per heavy atom. The van der Waals surface area contributed by atoms with Crippen LogP contribution < -0.4 is 24.4 Å². The zero-order chi connectivity index (χ0) is 25.4. The lowest BCUT2D eigenvalue weighted by Gasteiger charge is -2.31. The maximum Gasteiger partial charge on any atom is 0.271 e. The third-order valence-electron chi connectivity index (χ3n) is 6.87. The number of allylic oxidation sites excluding steroid dienone is 1. The molecule has 0 saturated carbocycles. The highest BCUT2D eigenvalue weighted by molar-refractivity contribution is 7.07. The molecule has 3 aromatic carbocycles. The molecule has 1 aliphatic heterocycles. The fraction of sp³-hybridized carbons (Fsp3) is 0.161. The maximum absolute atomic E-state index is 14.0. The predicted octanol–water partition coefficient (Wildman–Crippen LogP) is 4.89. The van der Waals surface area contributed by atoms with E-state index in [0.717, 1.165) is 46.6 Å². The molecule has 0 N–H and O–H groups in total. The Labute approximate surface area is 219 Å². The summed E-state index contributed by atoms with van der Waals surface area (Å²) in [7, 11) is 1.67. The number of rotatable bonds is 6. The summed E-state index contributed by atoms with van der Waals surface area (Å²) in [6.07, 6.45) is 5.35. The van der Waals surface area contributed by atoms with Crippen molar-refractivity contribution in [1.82, 2.24) is 4.57 Å². The highest BCUT2D eigenvalue weighted by Gasteiger charge is 2.33. The third-order valence-corrected chi connectivity index (χ3v) is 7.85. The van der Waals surface area contributed by atoms with Crippen LogP contribution in [0.1, 0.15) is 34.7 Å². The van der Waals surface area contributed by atoms with Gasteiger partial charge in [-0.1, -0.05) is 84.7 Å². The Morgan fingerprint density at radius 2 is 1.78 bits per heavy atom. The quantitative estimate of drug-likeness (QED) is 0.350. The number of aryl methyl sites for hydroxylation is 1. The minimum atomic E-state index is -0.287. The molecule has 6 rings (SSSR count). The van der Waals surface area contributed by atoms with Gasteiger partial charge in [0.15, 0.2) is 4.80 Å². The van der Waals surface area contributed by atoms with E-state index < -0.39 is 0 Å². The number of benzene rings is 3. The molecular weight excluding hydrogens is 480 g/mol. The number of hydrogen-bond donors (Lipinski definition) is 0. The normalized spacial score (nSPS) is 16.4. The topological polar surface area (TPSA) is 52.8 Å². The first-order valence-electron chi connectivity index (χ1n) is 12.3. The number of fused-ring (bicyclic) bond motifs is 3. The summed E-state index contributed by atoms with van der Waals surface area (Å²) in [4.78, 5) is 19.8. The predicted molar refractivity (Wildman–Crippen MR) is 148 cm³/mol. The molecule has 0 amide bonds. The van der Waals surface area contributed by atoms with Gasteiger partial charge in [-0.3, -0.25) is 9.36 Å². The average molecular weight is 507 g/mol. The zero-order valence-corrected chi connectivity index (χ0v) is 21.3. The van der Waals surface area contributed by atoms with Gasteiger partial charge in [-0.2, -0.15) is 0 Å².